The van der Waals surface area contributed by atoms with Gasteiger partial charge in [-0.1, -0.05) is 18.2 Å². The van der Waals surface area contributed by atoms with Gasteiger partial charge >= 0.3 is 11.8 Å². The number of carbonyl (C=O) groups is 2. The Morgan fingerprint density at radius 3 is 2.44 bits per heavy atom. The minimum atomic E-state index is -0.662. The zero-order valence-electron chi connectivity index (χ0n) is 13.6. The van der Waals surface area contributed by atoms with E-state index in [1.807, 2.05) is 36.4 Å². The van der Waals surface area contributed by atoms with Crippen LogP contribution in [0.15, 0.2) is 54.6 Å². The summed E-state index contributed by atoms with van der Waals surface area (Å²) in [6, 6.07) is 18.3. The van der Waals surface area contributed by atoms with Crippen molar-refractivity contribution in [2.45, 2.75) is 12.5 Å². The fourth-order valence-electron chi connectivity index (χ4n) is 2.79. The van der Waals surface area contributed by atoms with Crippen LogP contribution < -0.4 is 10.6 Å². The van der Waals surface area contributed by atoms with Gasteiger partial charge in [-0.2, -0.15) is 5.26 Å². The molecule has 0 aromatic heterocycles. The fourth-order valence-corrected chi connectivity index (χ4v) is 2.79. The van der Waals surface area contributed by atoms with Crippen LogP contribution in [0.25, 0.3) is 0 Å². The van der Waals surface area contributed by atoms with E-state index in [0.29, 0.717) is 24.3 Å². The van der Waals surface area contributed by atoms with Gasteiger partial charge in [0.15, 0.2) is 0 Å². The third kappa shape index (κ3) is 4.15. The van der Waals surface area contributed by atoms with Crippen LogP contribution in [0.5, 0.6) is 0 Å². The monoisotopic (exact) mass is 334 g/mol. The van der Waals surface area contributed by atoms with E-state index in [1.165, 1.54) is 0 Å². The lowest BCUT2D eigenvalue weighted by Gasteiger charge is -2.17. The van der Waals surface area contributed by atoms with Crippen molar-refractivity contribution >= 4 is 23.2 Å². The third-order valence-corrected chi connectivity index (χ3v) is 4.09. The molecule has 1 aliphatic rings. The molecule has 0 saturated carbocycles. The molecule has 2 amide bonds. The Hall–Kier alpha value is -3.33. The quantitative estimate of drug-likeness (QED) is 0.843. The second kappa shape index (κ2) is 7.49. The summed E-state index contributed by atoms with van der Waals surface area (Å²) in [7, 11) is 0. The second-order valence-corrected chi connectivity index (χ2v) is 5.89. The van der Waals surface area contributed by atoms with Crippen LogP contribution in [0.2, 0.25) is 0 Å². The van der Waals surface area contributed by atoms with E-state index in [-0.39, 0.29) is 6.04 Å². The van der Waals surface area contributed by atoms with Crippen molar-refractivity contribution in [2.24, 2.45) is 0 Å². The summed E-state index contributed by atoms with van der Waals surface area (Å²) in [5, 5.41) is 14.7. The topological polar surface area (TPSA) is 85.2 Å². The molecule has 0 spiro atoms. The summed E-state index contributed by atoms with van der Waals surface area (Å²) in [5.74, 6) is -1.20. The van der Waals surface area contributed by atoms with Gasteiger partial charge in [-0.3, -0.25) is 9.59 Å². The predicted octanol–water partition coefficient (Wildman–Crippen LogP) is 2.21. The van der Waals surface area contributed by atoms with E-state index < -0.39 is 11.8 Å². The van der Waals surface area contributed by atoms with Crippen molar-refractivity contribution < 1.29 is 9.59 Å². The number of carbonyl (C=O) groups excluding carboxylic acids is 2. The largest absolute Gasteiger partial charge is 0.380 e. The molecule has 1 fully saturated rings. The van der Waals surface area contributed by atoms with Crippen LogP contribution in [-0.2, 0) is 9.59 Å². The van der Waals surface area contributed by atoms with Crippen molar-refractivity contribution in [2.75, 3.05) is 23.7 Å². The molecule has 6 nitrogen and oxygen atoms in total. The smallest absolute Gasteiger partial charge is 0.313 e. The Bertz CT molecular complexity index is 796. The zero-order valence-corrected chi connectivity index (χ0v) is 13.6. The molecule has 0 bridgehead atoms. The average molecular weight is 334 g/mol. The molecule has 1 atom stereocenters. The first kappa shape index (κ1) is 16.5. The first-order chi connectivity index (χ1) is 12.2. The van der Waals surface area contributed by atoms with Crippen molar-refractivity contribution in [3.05, 3.63) is 60.2 Å². The van der Waals surface area contributed by atoms with Gasteiger partial charge in [0, 0.05) is 30.5 Å². The molecule has 6 heteroatoms. The molecule has 25 heavy (non-hydrogen) atoms. The Labute approximate surface area is 146 Å². The van der Waals surface area contributed by atoms with Gasteiger partial charge < -0.3 is 15.5 Å². The van der Waals surface area contributed by atoms with Gasteiger partial charge in [-0.05, 0) is 42.8 Å². The summed E-state index contributed by atoms with van der Waals surface area (Å²) in [6.45, 7) is 1.04. The lowest BCUT2D eigenvalue weighted by Crippen LogP contribution is -2.39. The highest BCUT2D eigenvalue weighted by Crippen LogP contribution is 2.16. The van der Waals surface area contributed by atoms with E-state index in [2.05, 4.69) is 10.6 Å². The molecule has 0 unspecified atom stereocenters. The molecule has 1 aliphatic heterocycles. The number of hydrogen-bond acceptors (Lipinski definition) is 4. The fraction of sp³-hybridized carbons (Fsp3) is 0.211. The normalized spacial score (nSPS) is 16.1. The zero-order chi connectivity index (χ0) is 17.6. The average Bonchev–Trinajstić information content (AvgIpc) is 3.11. The molecule has 2 aromatic carbocycles. The van der Waals surface area contributed by atoms with Crippen LogP contribution in [0, 0.1) is 11.3 Å². The van der Waals surface area contributed by atoms with Gasteiger partial charge in [0.2, 0.25) is 0 Å². The van der Waals surface area contributed by atoms with Crippen molar-refractivity contribution in [1.29, 1.82) is 5.26 Å². The number of hydrogen-bond donors (Lipinski definition) is 2. The van der Waals surface area contributed by atoms with E-state index in [1.54, 1.807) is 29.2 Å². The molecule has 2 N–H and O–H groups in total. The molecular formula is C19H18N4O2. The number of para-hydroxylation sites is 1. The van der Waals surface area contributed by atoms with Crippen LogP contribution in [-0.4, -0.2) is 35.8 Å². The Morgan fingerprint density at radius 1 is 1.04 bits per heavy atom. The molecule has 126 valence electrons. The highest BCUT2D eigenvalue weighted by molar-refractivity contribution is 6.39. The first-order valence-electron chi connectivity index (χ1n) is 8.08. The predicted molar refractivity (Wildman–Crippen MR) is 94.8 cm³/mol. The van der Waals surface area contributed by atoms with Crippen LogP contribution in [0.3, 0.4) is 0 Å². The number of likely N-dealkylation sites (tertiary alicyclic amines) is 1. The van der Waals surface area contributed by atoms with Crippen LogP contribution in [0.4, 0.5) is 11.4 Å². The van der Waals surface area contributed by atoms with Crippen molar-refractivity contribution in [3.63, 3.8) is 0 Å². The van der Waals surface area contributed by atoms with Gasteiger partial charge in [-0.25, -0.2) is 0 Å². The van der Waals surface area contributed by atoms with E-state index in [9.17, 15) is 9.59 Å². The van der Waals surface area contributed by atoms with Crippen LogP contribution >= 0.6 is 0 Å². The summed E-state index contributed by atoms with van der Waals surface area (Å²) >= 11 is 0. The summed E-state index contributed by atoms with van der Waals surface area (Å²) in [5.41, 5.74) is 2.00. The number of nitrogens with zero attached hydrogens (tertiary/aromatic N) is 2. The van der Waals surface area contributed by atoms with Crippen molar-refractivity contribution in [1.82, 2.24) is 4.90 Å². The Kier molecular flexibility index (Phi) is 4.95. The highest BCUT2D eigenvalue weighted by atomic mass is 16.2. The number of rotatable bonds is 3. The number of benzene rings is 2. The Morgan fingerprint density at radius 2 is 1.76 bits per heavy atom. The van der Waals surface area contributed by atoms with Gasteiger partial charge in [0.25, 0.3) is 0 Å². The van der Waals surface area contributed by atoms with Gasteiger partial charge in [0.1, 0.15) is 0 Å². The summed E-state index contributed by atoms with van der Waals surface area (Å²) in [4.78, 5) is 26.0. The van der Waals surface area contributed by atoms with Crippen molar-refractivity contribution in [3.8, 4) is 6.07 Å². The maximum Gasteiger partial charge on any atom is 0.313 e. The maximum atomic E-state index is 12.3. The summed E-state index contributed by atoms with van der Waals surface area (Å²) in [6.07, 6.45) is 0.796. The van der Waals surface area contributed by atoms with Crippen LogP contribution in [0.1, 0.15) is 12.0 Å². The SMILES string of the molecule is N#Cc1ccc(NC(=O)C(=O)N2CC[C@@H](Nc3ccccc3)C2)cc1. The van der Waals surface area contributed by atoms with E-state index >= 15 is 0 Å². The first-order valence-corrected chi connectivity index (χ1v) is 8.08. The molecule has 1 saturated heterocycles. The standard InChI is InChI=1S/C19H18N4O2/c20-12-14-6-8-16(9-7-14)22-18(24)19(25)23-11-10-17(13-23)21-15-4-2-1-3-5-15/h1-9,17,21H,10-11,13H2,(H,22,24)/t17-/m1/s1. The van der Waals surface area contributed by atoms with Gasteiger partial charge in [-0.15, -0.1) is 0 Å². The molecular weight excluding hydrogens is 316 g/mol. The lowest BCUT2D eigenvalue weighted by molar-refractivity contribution is -0.142. The minimum Gasteiger partial charge on any atom is -0.380 e. The van der Waals surface area contributed by atoms with E-state index in [0.717, 1.165) is 12.1 Å². The summed E-state index contributed by atoms with van der Waals surface area (Å²) < 4.78 is 0. The van der Waals surface area contributed by atoms with Gasteiger partial charge in [0.05, 0.1) is 11.6 Å². The number of amides is 2. The highest BCUT2D eigenvalue weighted by Gasteiger charge is 2.30. The Balaban J connectivity index is 1.54. The molecule has 0 radical (unpaired) electrons. The van der Waals surface area contributed by atoms with E-state index in [4.69, 9.17) is 5.26 Å². The second-order valence-electron chi connectivity index (χ2n) is 5.89. The number of nitriles is 1. The minimum absolute atomic E-state index is 0.133. The third-order valence-electron chi connectivity index (χ3n) is 4.09. The maximum absolute atomic E-state index is 12.3. The molecule has 1 heterocycles. The molecule has 0 aliphatic carbocycles. The number of nitrogens with one attached hydrogen (secondary N) is 2. The molecule has 2 aromatic rings. The number of anilines is 2. The molecule has 3 rings (SSSR count). The lowest BCUT2D eigenvalue weighted by atomic mass is 10.2.